The first kappa shape index (κ1) is 17.0. The maximum absolute atomic E-state index is 12.7. The lowest BCUT2D eigenvalue weighted by Crippen LogP contribution is -2.50. The Morgan fingerprint density at radius 2 is 1.92 bits per heavy atom. The van der Waals surface area contributed by atoms with Gasteiger partial charge in [0.05, 0.1) is 17.9 Å². The van der Waals surface area contributed by atoms with Crippen LogP contribution in [0.2, 0.25) is 0 Å². The van der Waals surface area contributed by atoms with Crippen molar-refractivity contribution in [2.45, 2.75) is 31.3 Å². The van der Waals surface area contributed by atoms with Crippen LogP contribution in [0, 0.1) is 0 Å². The third-order valence-corrected chi connectivity index (χ3v) is 5.55. The van der Waals surface area contributed by atoms with Crippen LogP contribution in [0.15, 0.2) is 18.6 Å². The number of likely N-dealkylation sites (N-methyl/N-ethyl adjacent to an activating group) is 1. The number of carbonyl (C=O) groups is 2. The average Bonchev–Trinajstić information content (AvgIpc) is 3.19. The molecule has 0 saturated carbocycles. The van der Waals surface area contributed by atoms with Crippen molar-refractivity contribution >= 4 is 23.0 Å². The van der Waals surface area contributed by atoms with Gasteiger partial charge in [-0.05, 0) is 25.3 Å². The topological polar surface area (TPSA) is 83.4 Å². The van der Waals surface area contributed by atoms with E-state index in [1.54, 1.807) is 28.1 Å². The van der Waals surface area contributed by atoms with Gasteiger partial charge in [-0.1, -0.05) is 0 Å². The van der Waals surface area contributed by atoms with E-state index in [-0.39, 0.29) is 23.9 Å². The second-order valence-corrected chi connectivity index (χ2v) is 7.23. The molecule has 138 valence electrons. The minimum absolute atomic E-state index is 0.0185. The third-order valence-electron chi connectivity index (χ3n) is 5.55. The summed E-state index contributed by atoms with van der Waals surface area (Å²) in [6.45, 7) is 2.51. The number of aryl methyl sites for hydroxylation is 1. The summed E-state index contributed by atoms with van der Waals surface area (Å²) in [4.78, 5) is 37.5. The Morgan fingerprint density at radius 1 is 1.15 bits per heavy atom. The number of aromatic nitrogens is 3. The number of carbonyl (C=O) groups excluding carboxylic acids is 2. The van der Waals surface area contributed by atoms with E-state index in [0.29, 0.717) is 16.7 Å². The molecule has 2 aromatic heterocycles. The Kier molecular flexibility index (Phi) is 4.36. The number of pyridine rings is 1. The number of piperidine rings is 1. The summed E-state index contributed by atoms with van der Waals surface area (Å²) < 4.78 is 1.81. The van der Waals surface area contributed by atoms with Crippen LogP contribution in [0.3, 0.4) is 0 Å². The molecular weight excluding hydrogens is 332 g/mol. The molecule has 2 aliphatic heterocycles. The van der Waals surface area contributed by atoms with Crippen LogP contribution in [0.4, 0.5) is 0 Å². The van der Waals surface area contributed by atoms with E-state index in [2.05, 4.69) is 20.2 Å². The Hall–Kier alpha value is -2.48. The van der Waals surface area contributed by atoms with Crippen LogP contribution in [0.5, 0.6) is 0 Å². The maximum Gasteiger partial charge on any atom is 0.253 e. The minimum atomic E-state index is -0.105. The van der Waals surface area contributed by atoms with Crippen molar-refractivity contribution in [3.63, 3.8) is 0 Å². The van der Waals surface area contributed by atoms with Gasteiger partial charge in [0.1, 0.15) is 5.52 Å². The first-order valence-corrected chi connectivity index (χ1v) is 9.10. The van der Waals surface area contributed by atoms with Gasteiger partial charge in [0.2, 0.25) is 5.91 Å². The van der Waals surface area contributed by atoms with Crippen molar-refractivity contribution in [2.75, 3.05) is 26.7 Å². The highest BCUT2D eigenvalue weighted by atomic mass is 16.2. The number of imidazole rings is 1. The fourth-order valence-corrected chi connectivity index (χ4v) is 3.97. The van der Waals surface area contributed by atoms with E-state index in [0.717, 1.165) is 38.9 Å². The van der Waals surface area contributed by atoms with Gasteiger partial charge in [-0.3, -0.25) is 14.5 Å². The van der Waals surface area contributed by atoms with Crippen molar-refractivity contribution in [2.24, 2.45) is 7.05 Å². The highest BCUT2D eigenvalue weighted by Crippen LogP contribution is 2.21. The van der Waals surface area contributed by atoms with E-state index in [9.17, 15) is 9.59 Å². The molecular formula is C18H24N6O2. The Balaban J connectivity index is 1.38. The SMILES string of the molecule is CN1CCC(N2CCC(NC(=O)c3ccnc4c3ncn4C)CC2)C1=O. The molecule has 2 aliphatic rings. The van der Waals surface area contributed by atoms with Gasteiger partial charge in [0.25, 0.3) is 5.91 Å². The fraction of sp³-hybridized carbons (Fsp3) is 0.556. The zero-order valence-corrected chi connectivity index (χ0v) is 15.2. The van der Waals surface area contributed by atoms with Gasteiger partial charge in [-0.25, -0.2) is 9.97 Å². The van der Waals surface area contributed by atoms with Gasteiger partial charge >= 0.3 is 0 Å². The van der Waals surface area contributed by atoms with Gasteiger partial charge < -0.3 is 14.8 Å². The summed E-state index contributed by atoms with van der Waals surface area (Å²) >= 11 is 0. The second kappa shape index (κ2) is 6.68. The first-order chi connectivity index (χ1) is 12.5. The Morgan fingerprint density at radius 3 is 2.62 bits per heavy atom. The van der Waals surface area contributed by atoms with Crippen molar-refractivity contribution < 1.29 is 9.59 Å². The summed E-state index contributed by atoms with van der Waals surface area (Å²) in [7, 11) is 3.73. The predicted octanol–water partition coefficient (Wildman–Crippen LogP) is 0.393. The summed E-state index contributed by atoms with van der Waals surface area (Å²) in [5.41, 5.74) is 1.89. The number of fused-ring (bicyclic) bond motifs is 1. The number of amides is 2. The Bertz CT molecular complexity index is 839. The molecule has 0 aliphatic carbocycles. The molecule has 0 spiro atoms. The molecule has 2 amide bonds. The molecule has 8 heteroatoms. The first-order valence-electron chi connectivity index (χ1n) is 9.10. The largest absolute Gasteiger partial charge is 0.349 e. The van der Waals surface area contributed by atoms with Gasteiger partial charge in [-0.15, -0.1) is 0 Å². The number of hydrogen-bond acceptors (Lipinski definition) is 5. The molecule has 1 unspecified atom stereocenters. The van der Waals surface area contributed by atoms with E-state index in [1.807, 2.05) is 14.1 Å². The summed E-state index contributed by atoms with van der Waals surface area (Å²) in [6, 6.07) is 1.86. The van der Waals surface area contributed by atoms with Gasteiger partial charge in [0.15, 0.2) is 5.65 Å². The second-order valence-electron chi connectivity index (χ2n) is 7.23. The normalized spacial score (nSPS) is 22.3. The van der Waals surface area contributed by atoms with E-state index in [4.69, 9.17) is 0 Å². The van der Waals surface area contributed by atoms with Crippen LogP contribution in [0.25, 0.3) is 11.2 Å². The van der Waals surface area contributed by atoms with Crippen molar-refractivity contribution in [1.82, 2.24) is 29.7 Å². The zero-order valence-electron chi connectivity index (χ0n) is 15.2. The number of likely N-dealkylation sites (tertiary alicyclic amines) is 2. The van der Waals surface area contributed by atoms with Crippen LogP contribution < -0.4 is 5.32 Å². The molecule has 2 saturated heterocycles. The number of rotatable bonds is 3. The highest BCUT2D eigenvalue weighted by molar-refractivity contribution is 6.04. The van der Waals surface area contributed by atoms with Crippen molar-refractivity contribution in [1.29, 1.82) is 0 Å². The number of hydrogen-bond donors (Lipinski definition) is 1. The number of nitrogens with zero attached hydrogens (tertiary/aromatic N) is 5. The Labute approximate surface area is 152 Å². The van der Waals surface area contributed by atoms with E-state index >= 15 is 0 Å². The van der Waals surface area contributed by atoms with E-state index in [1.165, 1.54) is 0 Å². The predicted molar refractivity (Wildman–Crippen MR) is 96.6 cm³/mol. The quantitative estimate of drug-likeness (QED) is 0.860. The lowest BCUT2D eigenvalue weighted by Gasteiger charge is -2.35. The summed E-state index contributed by atoms with van der Waals surface area (Å²) in [5, 5.41) is 3.13. The lowest BCUT2D eigenvalue weighted by atomic mass is 10.0. The molecule has 2 aromatic rings. The molecule has 26 heavy (non-hydrogen) atoms. The fourth-order valence-electron chi connectivity index (χ4n) is 3.97. The van der Waals surface area contributed by atoms with Crippen molar-refractivity contribution in [3.8, 4) is 0 Å². The molecule has 0 radical (unpaired) electrons. The molecule has 1 N–H and O–H groups in total. The molecule has 0 aromatic carbocycles. The zero-order chi connectivity index (χ0) is 18.3. The highest BCUT2D eigenvalue weighted by Gasteiger charge is 2.36. The lowest BCUT2D eigenvalue weighted by molar-refractivity contribution is -0.131. The molecule has 0 bridgehead atoms. The van der Waals surface area contributed by atoms with Crippen LogP contribution in [0.1, 0.15) is 29.6 Å². The minimum Gasteiger partial charge on any atom is -0.349 e. The van der Waals surface area contributed by atoms with Crippen LogP contribution in [-0.4, -0.2) is 74.9 Å². The monoisotopic (exact) mass is 356 g/mol. The molecule has 1 atom stereocenters. The number of nitrogens with one attached hydrogen (secondary N) is 1. The van der Waals surface area contributed by atoms with Crippen LogP contribution in [-0.2, 0) is 11.8 Å². The molecule has 8 nitrogen and oxygen atoms in total. The summed E-state index contributed by atoms with van der Waals surface area (Å²) in [5.74, 6) is 0.119. The van der Waals surface area contributed by atoms with Gasteiger partial charge in [0, 0.05) is 46.0 Å². The molecule has 4 rings (SSSR count). The van der Waals surface area contributed by atoms with E-state index < -0.39 is 0 Å². The van der Waals surface area contributed by atoms with Gasteiger partial charge in [-0.2, -0.15) is 0 Å². The maximum atomic E-state index is 12.7. The average molecular weight is 356 g/mol. The molecule has 4 heterocycles. The van der Waals surface area contributed by atoms with Crippen molar-refractivity contribution in [3.05, 3.63) is 24.2 Å². The molecule has 2 fully saturated rings. The smallest absolute Gasteiger partial charge is 0.253 e. The standard InChI is InChI=1S/C18H24N6O2/c1-22-8-6-14(18(22)26)24-9-4-12(5-10-24)21-17(25)13-3-7-19-16-15(13)20-11-23(16)2/h3,7,11-12,14H,4-6,8-10H2,1-2H3,(H,21,25). The summed E-state index contributed by atoms with van der Waals surface area (Å²) in [6.07, 6.45) is 5.93. The third kappa shape index (κ3) is 2.94. The van der Waals surface area contributed by atoms with Crippen LogP contribution >= 0.6 is 0 Å².